The molecule has 0 spiro atoms. The van der Waals surface area contributed by atoms with Crippen LogP contribution in [0.25, 0.3) is 11.4 Å². The molecule has 1 aromatic carbocycles. The summed E-state index contributed by atoms with van der Waals surface area (Å²) in [4.78, 5) is 18.6. The summed E-state index contributed by atoms with van der Waals surface area (Å²) < 4.78 is 13.3. The zero-order valence-corrected chi connectivity index (χ0v) is 20.0. The van der Waals surface area contributed by atoms with Crippen molar-refractivity contribution >= 4 is 5.82 Å². The van der Waals surface area contributed by atoms with Gasteiger partial charge in [-0.25, -0.2) is 14.4 Å². The average molecular weight is 449 g/mol. The van der Waals surface area contributed by atoms with Crippen molar-refractivity contribution in [3.8, 4) is 11.4 Å². The topological polar surface area (TPSA) is 57.2 Å². The number of rotatable bonds is 8. The van der Waals surface area contributed by atoms with Crippen LogP contribution in [0.5, 0.6) is 0 Å². The maximum absolute atomic E-state index is 13.3. The second-order valence-corrected chi connectivity index (χ2v) is 9.90. The van der Waals surface area contributed by atoms with Gasteiger partial charge in [0, 0.05) is 56.2 Å². The molecule has 3 aromatic rings. The third-order valence-corrected chi connectivity index (χ3v) is 5.88. The van der Waals surface area contributed by atoms with Gasteiger partial charge in [0.25, 0.3) is 0 Å². The third kappa shape index (κ3) is 6.12. The highest BCUT2D eigenvalue weighted by molar-refractivity contribution is 5.60. The predicted octanol–water partition coefficient (Wildman–Crippen LogP) is 4.24. The molecule has 0 saturated heterocycles. The lowest BCUT2D eigenvalue weighted by Crippen LogP contribution is -2.36. The molecule has 0 bridgehead atoms. The van der Waals surface area contributed by atoms with Crippen molar-refractivity contribution in [1.29, 1.82) is 0 Å². The van der Waals surface area contributed by atoms with Gasteiger partial charge in [-0.15, -0.1) is 0 Å². The first-order valence-electron chi connectivity index (χ1n) is 11.4. The second-order valence-electron chi connectivity index (χ2n) is 9.90. The van der Waals surface area contributed by atoms with Gasteiger partial charge < -0.3 is 10.2 Å². The quantitative estimate of drug-likeness (QED) is 0.556. The Morgan fingerprint density at radius 1 is 1.06 bits per heavy atom. The van der Waals surface area contributed by atoms with Crippen LogP contribution in [0.2, 0.25) is 0 Å². The van der Waals surface area contributed by atoms with Gasteiger partial charge in [0.1, 0.15) is 11.6 Å². The van der Waals surface area contributed by atoms with Crippen LogP contribution < -0.4 is 5.32 Å². The number of aromatic nitrogens is 3. The maximum atomic E-state index is 13.3. The minimum absolute atomic E-state index is 0.0987. The fourth-order valence-corrected chi connectivity index (χ4v) is 4.48. The zero-order valence-electron chi connectivity index (χ0n) is 20.0. The Hall–Kier alpha value is -2.90. The molecule has 2 aromatic heterocycles. The highest BCUT2D eigenvalue weighted by Gasteiger charge is 2.25. The van der Waals surface area contributed by atoms with E-state index in [9.17, 15) is 4.39 Å². The minimum atomic E-state index is -0.203. The Balaban J connectivity index is 1.60. The molecule has 0 saturated carbocycles. The molecule has 0 atom stereocenters. The van der Waals surface area contributed by atoms with Crippen LogP contribution in [0.1, 0.15) is 30.7 Å². The fraction of sp³-hybridized carbons (Fsp3) is 0.423. The molecule has 6 nitrogen and oxygen atoms in total. The van der Waals surface area contributed by atoms with E-state index in [1.54, 1.807) is 12.4 Å². The molecule has 1 aliphatic rings. The van der Waals surface area contributed by atoms with Crippen molar-refractivity contribution in [2.45, 2.75) is 33.4 Å². The first kappa shape index (κ1) is 23.3. The number of benzene rings is 1. The van der Waals surface area contributed by atoms with E-state index >= 15 is 0 Å². The number of hydrogen-bond donors (Lipinski definition) is 1. The molecular formula is C26H33FN6. The van der Waals surface area contributed by atoms with Crippen molar-refractivity contribution in [2.75, 3.05) is 39.0 Å². The number of halogens is 1. The summed E-state index contributed by atoms with van der Waals surface area (Å²) in [6, 6.07) is 10.6. The molecule has 1 aliphatic heterocycles. The first-order chi connectivity index (χ1) is 15.8. The van der Waals surface area contributed by atoms with E-state index < -0.39 is 0 Å². The normalized spacial score (nSPS) is 14.4. The van der Waals surface area contributed by atoms with E-state index in [1.165, 1.54) is 17.7 Å². The van der Waals surface area contributed by atoms with Crippen LogP contribution in [-0.2, 0) is 19.5 Å². The molecule has 33 heavy (non-hydrogen) atoms. The molecule has 0 fully saturated rings. The molecule has 7 heteroatoms. The van der Waals surface area contributed by atoms with Crippen molar-refractivity contribution in [3.63, 3.8) is 0 Å². The monoisotopic (exact) mass is 448 g/mol. The molecule has 4 rings (SSSR count). The van der Waals surface area contributed by atoms with Gasteiger partial charge in [-0.1, -0.05) is 26.0 Å². The lowest BCUT2D eigenvalue weighted by Gasteiger charge is -2.32. The van der Waals surface area contributed by atoms with E-state index in [4.69, 9.17) is 9.97 Å². The molecule has 0 aliphatic carbocycles. The van der Waals surface area contributed by atoms with Crippen molar-refractivity contribution in [1.82, 2.24) is 24.8 Å². The highest BCUT2D eigenvalue weighted by Crippen LogP contribution is 2.29. The molecule has 0 radical (unpaired) electrons. The number of anilines is 1. The summed E-state index contributed by atoms with van der Waals surface area (Å²) >= 11 is 0. The van der Waals surface area contributed by atoms with E-state index in [-0.39, 0.29) is 11.2 Å². The third-order valence-electron chi connectivity index (χ3n) is 5.88. The van der Waals surface area contributed by atoms with Crippen LogP contribution in [-0.4, -0.2) is 58.5 Å². The average Bonchev–Trinajstić information content (AvgIpc) is 2.78. The highest BCUT2D eigenvalue weighted by atomic mass is 19.1. The van der Waals surface area contributed by atoms with Gasteiger partial charge in [-0.05, 0) is 55.8 Å². The van der Waals surface area contributed by atoms with Crippen LogP contribution in [0.4, 0.5) is 10.2 Å². The molecule has 1 N–H and O–H groups in total. The SMILES string of the molecule is CN(C)CC(C)(C)CNc1nc(-c2ccncc2)nc2c1CCN(Cc1ccc(F)cc1)C2. The summed E-state index contributed by atoms with van der Waals surface area (Å²) in [5.74, 6) is 1.44. The number of nitrogens with one attached hydrogen (secondary N) is 1. The number of hydrogen-bond acceptors (Lipinski definition) is 6. The lowest BCUT2D eigenvalue weighted by atomic mass is 9.92. The van der Waals surface area contributed by atoms with Gasteiger partial charge >= 0.3 is 0 Å². The molecule has 0 unspecified atom stereocenters. The molecule has 174 valence electrons. The van der Waals surface area contributed by atoms with Gasteiger partial charge in [0.15, 0.2) is 5.82 Å². The Bertz CT molecular complexity index is 1070. The van der Waals surface area contributed by atoms with Crippen molar-refractivity contribution < 1.29 is 4.39 Å². The number of fused-ring (bicyclic) bond motifs is 1. The van der Waals surface area contributed by atoms with E-state index in [0.29, 0.717) is 5.82 Å². The Morgan fingerprint density at radius 3 is 2.48 bits per heavy atom. The minimum Gasteiger partial charge on any atom is -0.369 e. The molecule has 3 heterocycles. The van der Waals surface area contributed by atoms with E-state index in [0.717, 1.165) is 61.8 Å². The second kappa shape index (κ2) is 9.93. The van der Waals surface area contributed by atoms with E-state index in [1.807, 2.05) is 24.3 Å². The maximum Gasteiger partial charge on any atom is 0.161 e. The van der Waals surface area contributed by atoms with Crippen LogP contribution in [0, 0.1) is 11.2 Å². The van der Waals surface area contributed by atoms with Gasteiger partial charge in [0.2, 0.25) is 0 Å². The number of nitrogens with zero attached hydrogens (tertiary/aromatic N) is 5. The van der Waals surface area contributed by atoms with Crippen LogP contribution in [0.15, 0.2) is 48.8 Å². The number of pyridine rings is 1. The summed E-state index contributed by atoms with van der Waals surface area (Å²) in [5, 5.41) is 3.65. The Labute approximate surface area is 195 Å². The molecular weight excluding hydrogens is 415 g/mol. The zero-order chi connectivity index (χ0) is 23.4. The van der Waals surface area contributed by atoms with Gasteiger partial charge in [-0.2, -0.15) is 0 Å². The standard InChI is InChI=1S/C26H33FN6/c1-26(2,18-32(3)4)17-29-25-22-11-14-33(15-19-5-7-21(27)8-6-19)16-23(22)30-24(31-25)20-9-12-28-13-10-20/h5-10,12-13H,11,14-18H2,1-4H3,(H,29,30,31). The smallest absolute Gasteiger partial charge is 0.161 e. The summed E-state index contributed by atoms with van der Waals surface area (Å²) in [5.41, 5.74) is 4.41. The van der Waals surface area contributed by atoms with Crippen LogP contribution >= 0.6 is 0 Å². The summed E-state index contributed by atoms with van der Waals surface area (Å²) in [7, 11) is 4.21. The van der Waals surface area contributed by atoms with Gasteiger partial charge in [-0.3, -0.25) is 9.88 Å². The largest absolute Gasteiger partial charge is 0.369 e. The van der Waals surface area contributed by atoms with Crippen molar-refractivity contribution in [3.05, 3.63) is 71.4 Å². The van der Waals surface area contributed by atoms with Crippen LogP contribution in [0.3, 0.4) is 0 Å². The molecule has 0 amide bonds. The van der Waals surface area contributed by atoms with Crippen molar-refractivity contribution in [2.24, 2.45) is 5.41 Å². The predicted molar refractivity (Wildman–Crippen MR) is 130 cm³/mol. The first-order valence-corrected chi connectivity index (χ1v) is 11.4. The fourth-order valence-electron chi connectivity index (χ4n) is 4.48. The summed E-state index contributed by atoms with van der Waals surface area (Å²) in [6.45, 7) is 8.76. The Morgan fingerprint density at radius 2 is 1.79 bits per heavy atom. The van der Waals surface area contributed by atoms with Gasteiger partial charge in [0.05, 0.1) is 5.69 Å². The lowest BCUT2D eigenvalue weighted by molar-refractivity contribution is 0.241. The summed E-state index contributed by atoms with van der Waals surface area (Å²) in [6.07, 6.45) is 4.42. The Kier molecular flexibility index (Phi) is 7.00. The van der Waals surface area contributed by atoms with E-state index in [2.05, 4.69) is 48.0 Å².